The van der Waals surface area contributed by atoms with Crippen molar-refractivity contribution in [2.24, 2.45) is 35.0 Å². The lowest BCUT2D eigenvalue weighted by molar-refractivity contribution is 0.210. The van der Waals surface area contributed by atoms with Crippen LogP contribution >= 0.6 is 0 Å². The van der Waals surface area contributed by atoms with E-state index in [0.717, 1.165) is 29.6 Å². The Kier molecular flexibility index (Phi) is 3.63. The molecule has 0 nitrogen and oxygen atoms in total. The molecule has 5 atom stereocenters. The smallest absolute Gasteiger partial charge is 0.000723 e. The zero-order valence-electron chi connectivity index (χ0n) is 14.1. The molecule has 0 spiro atoms. The molecule has 112 valence electrons. The van der Waals surface area contributed by atoms with Crippen LogP contribution in [0.5, 0.6) is 0 Å². The molecular weight excluding hydrogens is 240 g/mol. The minimum absolute atomic E-state index is 0.471. The summed E-state index contributed by atoms with van der Waals surface area (Å²) >= 11 is 0. The van der Waals surface area contributed by atoms with E-state index < -0.39 is 0 Å². The first-order valence-electron chi connectivity index (χ1n) is 8.81. The third kappa shape index (κ3) is 2.20. The van der Waals surface area contributed by atoms with Crippen molar-refractivity contribution in [1.82, 2.24) is 0 Å². The van der Waals surface area contributed by atoms with Crippen LogP contribution in [0, 0.1) is 35.0 Å². The van der Waals surface area contributed by atoms with Gasteiger partial charge in [0.15, 0.2) is 0 Å². The third-order valence-electron chi connectivity index (χ3n) is 6.84. The Bertz CT molecular complexity index is 439. The number of rotatable bonds is 1. The molecule has 0 aromatic carbocycles. The molecule has 0 aliphatic heterocycles. The van der Waals surface area contributed by atoms with Gasteiger partial charge in [0, 0.05) is 5.92 Å². The average Bonchev–Trinajstić information content (AvgIpc) is 2.88. The maximum absolute atomic E-state index is 2.76. The first-order valence-corrected chi connectivity index (χ1v) is 8.81. The molecule has 3 rings (SSSR count). The van der Waals surface area contributed by atoms with Gasteiger partial charge < -0.3 is 0 Å². The Morgan fingerprint density at radius 2 is 1.95 bits per heavy atom. The molecule has 2 fully saturated rings. The average molecular weight is 272 g/mol. The summed E-state index contributed by atoms with van der Waals surface area (Å²) < 4.78 is 0. The number of hydrogen-bond acceptors (Lipinski definition) is 0. The fourth-order valence-electron chi connectivity index (χ4n) is 5.44. The molecular formula is C20H32. The van der Waals surface area contributed by atoms with Gasteiger partial charge in [0.1, 0.15) is 0 Å². The minimum atomic E-state index is 0.471. The monoisotopic (exact) mass is 272 g/mol. The molecule has 3 aliphatic carbocycles. The van der Waals surface area contributed by atoms with Gasteiger partial charge in [0.2, 0.25) is 0 Å². The van der Waals surface area contributed by atoms with Gasteiger partial charge in [-0.05, 0) is 68.1 Å². The molecule has 3 aliphatic rings. The van der Waals surface area contributed by atoms with E-state index in [0.29, 0.717) is 5.41 Å². The van der Waals surface area contributed by atoms with Crippen LogP contribution < -0.4 is 0 Å². The highest BCUT2D eigenvalue weighted by Crippen LogP contribution is 2.56. The van der Waals surface area contributed by atoms with Gasteiger partial charge in [0.05, 0.1) is 0 Å². The van der Waals surface area contributed by atoms with E-state index in [-0.39, 0.29) is 0 Å². The molecule has 2 saturated carbocycles. The van der Waals surface area contributed by atoms with Gasteiger partial charge in [0.25, 0.3) is 0 Å². The second-order valence-electron chi connectivity index (χ2n) is 8.42. The van der Waals surface area contributed by atoms with Crippen molar-refractivity contribution in [2.45, 2.75) is 66.7 Å². The fraction of sp³-hybridized carbons (Fsp3) is 0.800. The summed E-state index contributed by atoms with van der Waals surface area (Å²) in [5.74, 6) is 4.23. The summed E-state index contributed by atoms with van der Waals surface area (Å²) in [5, 5.41) is 0. The van der Waals surface area contributed by atoms with Crippen molar-refractivity contribution in [1.29, 1.82) is 0 Å². The zero-order chi connectivity index (χ0) is 14.5. The molecule has 0 N–H and O–H groups in total. The van der Waals surface area contributed by atoms with Gasteiger partial charge in [-0.2, -0.15) is 0 Å². The van der Waals surface area contributed by atoms with E-state index in [1.807, 2.05) is 0 Å². The van der Waals surface area contributed by atoms with Crippen LogP contribution in [0.25, 0.3) is 0 Å². The second kappa shape index (κ2) is 5.04. The molecule has 0 heteroatoms. The highest BCUT2D eigenvalue weighted by atomic mass is 14.5. The topological polar surface area (TPSA) is 0 Å². The van der Waals surface area contributed by atoms with Crippen molar-refractivity contribution < 1.29 is 0 Å². The van der Waals surface area contributed by atoms with Crippen LogP contribution in [0.2, 0.25) is 0 Å². The van der Waals surface area contributed by atoms with Crippen LogP contribution in [0.3, 0.4) is 0 Å². The van der Waals surface area contributed by atoms with Crippen molar-refractivity contribution in [2.75, 3.05) is 0 Å². The van der Waals surface area contributed by atoms with Crippen LogP contribution in [0.1, 0.15) is 66.7 Å². The Labute approximate surface area is 125 Å². The Hall–Kier alpha value is -0.520. The summed E-state index contributed by atoms with van der Waals surface area (Å²) in [6.45, 7) is 12.3. The van der Waals surface area contributed by atoms with Crippen LogP contribution in [0.4, 0.5) is 0 Å². The first-order chi connectivity index (χ1) is 9.42. The van der Waals surface area contributed by atoms with Gasteiger partial charge >= 0.3 is 0 Å². The molecule has 0 saturated heterocycles. The summed E-state index contributed by atoms with van der Waals surface area (Å²) in [6.07, 6.45) is 12.3. The lowest BCUT2D eigenvalue weighted by atomic mass is 9.68. The van der Waals surface area contributed by atoms with E-state index >= 15 is 0 Å². The Balaban J connectivity index is 2.00. The summed E-state index contributed by atoms with van der Waals surface area (Å²) in [4.78, 5) is 0. The van der Waals surface area contributed by atoms with Gasteiger partial charge in [-0.25, -0.2) is 0 Å². The largest absolute Gasteiger partial charge is 0.0847 e. The Morgan fingerprint density at radius 3 is 2.65 bits per heavy atom. The summed E-state index contributed by atoms with van der Waals surface area (Å²) in [7, 11) is 0. The zero-order valence-corrected chi connectivity index (χ0v) is 14.1. The predicted molar refractivity (Wildman–Crippen MR) is 87.5 cm³/mol. The number of fused-ring (bicyclic) bond motifs is 2. The highest BCUT2D eigenvalue weighted by molar-refractivity contribution is 5.30. The number of allylic oxidation sites excluding steroid dienone is 4. The van der Waals surface area contributed by atoms with Crippen molar-refractivity contribution in [3.8, 4) is 0 Å². The van der Waals surface area contributed by atoms with Crippen LogP contribution in [0.15, 0.2) is 23.3 Å². The van der Waals surface area contributed by atoms with Crippen molar-refractivity contribution in [3.63, 3.8) is 0 Å². The summed E-state index contributed by atoms with van der Waals surface area (Å²) in [5.41, 5.74) is 3.92. The maximum atomic E-state index is 2.76. The quantitative estimate of drug-likeness (QED) is 0.514. The molecule has 0 heterocycles. The normalized spacial score (nSPS) is 44.5. The standard InChI is InChI=1S/C20H32/c1-13(2)16-10-11-20(5)12-18-15(4)6-8-17(18)14(3)7-9-19(16)20/h7,12-13,15-17,19H,6,8-11H2,1-5H3. The Morgan fingerprint density at radius 1 is 1.20 bits per heavy atom. The highest BCUT2D eigenvalue weighted by Gasteiger charge is 2.46. The van der Waals surface area contributed by atoms with Gasteiger partial charge in [-0.15, -0.1) is 0 Å². The maximum Gasteiger partial charge on any atom is 0.000723 e. The predicted octanol–water partition coefficient (Wildman–Crippen LogP) is 6.00. The van der Waals surface area contributed by atoms with Crippen molar-refractivity contribution >= 4 is 0 Å². The van der Waals surface area contributed by atoms with E-state index in [1.165, 1.54) is 32.1 Å². The molecule has 20 heavy (non-hydrogen) atoms. The molecule has 0 bridgehead atoms. The van der Waals surface area contributed by atoms with E-state index in [9.17, 15) is 0 Å². The lowest BCUT2D eigenvalue weighted by Gasteiger charge is -2.36. The third-order valence-corrected chi connectivity index (χ3v) is 6.84. The molecule has 0 aromatic heterocycles. The minimum Gasteiger partial charge on any atom is -0.0847 e. The lowest BCUT2D eigenvalue weighted by Crippen LogP contribution is -2.28. The molecule has 0 amide bonds. The van der Waals surface area contributed by atoms with Crippen LogP contribution in [-0.4, -0.2) is 0 Å². The molecule has 5 unspecified atom stereocenters. The molecule has 0 aromatic rings. The van der Waals surface area contributed by atoms with Gasteiger partial charge in [-0.3, -0.25) is 0 Å². The summed E-state index contributed by atoms with van der Waals surface area (Å²) in [6, 6.07) is 0. The first kappa shape index (κ1) is 14.4. The number of hydrogen-bond donors (Lipinski definition) is 0. The van der Waals surface area contributed by atoms with Crippen LogP contribution in [-0.2, 0) is 0 Å². The van der Waals surface area contributed by atoms with Gasteiger partial charge in [-0.1, -0.05) is 51.0 Å². The van der Waals surface area contributed by atoms with E-state index in [2.05, 4.69) is 46.8 Å². The fourth-order valence-corrected chi connectivity index (χ4v) is 5.44. The molecule has 0 radical (unpaired) electrons. The van der Waals surface area contributed by atoms with Crippen molar-refractivity contribution in [3.05, 3.63) is 23.3 Å². The van der Waals surface area contributed by atoms with E-state index in [1.54, 1.807) is 11.1 Å². The SMILES string of the molecule is CC1=CCC2C(C(C)C)CCC2(C)C=C2C(C)CCC12. The van der Waals surface area contributed by atoms with E-state index in [4.69, 9.17) is 0 Å². The second-order valence-corrected chi connectivity index (χ2v) is 8.42.